The van der Waals surface area contributed by atoms with Crippen molar-refractivity contribution in [2.45, 2.75) is 32.6 Å². The minimum Gasteiger partial charge on any atom is -0.326 e. The van der Waals surface area contributed by atoms with Gasteiger partial charge in [-0.05, 0) is 29.0 Å². The second-order valence-electron chi connectivity index (χ2n) is 6.45. The van der Waals surface area contributed by atoms with Crippen molar-refractivity contribution in [2.24, 2.45) is 16.7 Å². The Morgan fingerprint density at radius 3 is 2.14 bits per heavy atom. The van der Waals surface area contributed by atoms with Crippen LogP contribution in [0.3, 0.4) is 0 Å². The molecule has 7 heteroatoms. The molecule has 1 aliphatic carbocycles. The van der Waals surface area contributed by atoms with Crippen LogP contribution >= 0.6 is 10.7 Å². The molecule has 116 valence electrons. The smallest absolute Gasteiger partial charge is 0.264 e. The molecule has 0 unspecified atom stereocenters. The van der Waals surface area contributed by atoms with Crippen LogP contribution in [0.15, 0.2) is 23.1 Å². The maximum atomic E-state index is 13.7. The number of hydrogen-bond acceptors (Lipinski definition) is 3. The van der Waals surface area contributed by atoms with E-state index in [9.17, 15) is 17.6 Å². The predicted octanol–water partition coefficient (Wildman–Crippen LogP) is 3.37. The number of carbonyl (C=O) groups excluding carboxylic acids is 1. The van der Waals surface area contributed by atoms with Gasteiger partial charge in [0.1, 0.15) is 10.7 Å². The zero-order valence-corrected chi connectivity index (χ0v) is 13.8. The fraction of sp³-hybridized carbons (Fsp3) is 0.500. The molecule has 0 radical (unpaired) electrons. The summed E-state index contributed by atoms with van der Waals surface area (Å²) in [6.45, 7) is 8.00. The van der Waals surface area contributed by atoms with Crippen LogP contribution in [0.1, 0.15) is 27.7 Å². The van der Waals surface area contributed by atoms with E-state index in [1.807, 2.05) is 27.7 Å². The van der Waals surface area contributed by atoms with Crippen molar-refractivity contribution in [3.63, 3.8) is 0 Å². The van der Waals surface area contributed by atoms with Gasteiger partial charge in [-0.25, -0.2) is 12.8 Å². The van der Waals surface area contributed by atoms with E-state index in [4.69, 9.17) is 10.7 Å². The fourth-order valence-electron chi connectivity index (χ4n) is 2.84. The van der Waals surface area contributed by atoms with Crippen LogP contribution in [0.4, 0.5) is 10.1 Å². The first kappa shape index (κ1) is 16.2. The van der Waals surface area contributed by atoms with Crippen LogP contribution in [0, 0.1) is 22.6 Å². The van der Waals surface area contributed by atoms with E-state index in [1.165, 1.54) is 6.07 Å². The summed E-state index contributed by atoms with van der Waals surface area (Å²) in [4.78, 5) is 11.6. The highest BCUT2D eigenvalue weighted by Crippen LogP contribution is 2.68. The molecule has 1 aliphatic rings. The molecule has 0 spiro atoms. The summed E-state index contributed by atoms with van der Waals surface area (Å²) in [5.41, 5.74) is -0.0514. The molecule has 1 aromatic carbocycles. The third-order valence-corrected chi connectivity index (χ3v) is 6.10. The van der Waals surface area contributed by atoms with Crippen molar-refractivity contribution in [2.75, 3.05) is 5.32 Å². The van der Waals surface area contributed by atoms with Gasteiger partial charge in [-0.1, -0.05) is 27.7 Å². The van der Waals surface area contributed by atoms with Crippen LogP contribution in [0.2, 0.25) is 0 Å². The van der Waals surface area contributed by atoms with Gasteiger partial charge in [0.15, 0.2) is 0 Å². The van der Waals surface area contributed by atoms with Gasteiger partial charge in [-0.3, -0.25) is 4.79 Å². The first-order valence-corrected chi connectivity index (χ1v) is 8.75. The summed E-state index contributed by atoms with van der Waals surface area (Å²) in [5, 5.41) is 2.62. The number of anilines is 1. The summed E-state index contributed by atoms with van der Waals surface area (Å²) in [7, 11) is 0.967. The maximum Gasteiger partial charge on any atom is 0.264 e. The summed E-state index contributed by atoms with van der Waals surface area (Å²) >= 11 is 0. The SMILES string of the molecule is CC1(C)C(C(=O)Nc2ccc(S(=O)(=O)Cl)c(F)c2)C1(C)C. The number of rotatable bonds is 3. The Bertz CT molecular complexity index is 699. The Kier molecular flexibility index (Phi) is 3.62. The fourth-order valence-corrected chi connectivity index (χ4v) is 3.74. The van der Waals surface area contributed by atoms with Gasteiger partial charge in [-0.2, -0.15) is 0 Å². The zero-order chi connectivity index (χ0) is 16.2. The molecule has 0 aliphatic heterocycles. The van der Waals surface area contributed by atoms with Gasteiger partial charge in [0.05, 0.1) is 0 Å². The van der Waals surface area contributed by atoms with E-state index in [0.717, 1.165) is 12.1 Å². The number of benzene rings is 1. The van der Waals surface area contributed by atoms with Crippen LogP contribution in [0.5, 0.6) is 0 Å². The summed E-state index contributed by atoms with van der Waals surface area (Å²) in [5.74, 6) is -1.37. The largest absolute Gasteiger partial charge is 0.326 e. The van der Waals surface area contributed by atoms with E-state index in [2.05, 4.69) is 5.32 Å². The van der Waals surface area contributed by atoms with Gasteiger partial charge in [0.25, 0.3) is 9.05 Å². The Morgan fingerprint density at radius 2 is 1.76 bits per heavy atom. The third kappa shape index (κ3) is 2.66. The maximum absolute atomic E-state index is 13.7. The molecule has 2 rings (SSSR count). The number of amides is 1. The number of nitrogens with one attached hydrogen (secondary N) is 1. The van der Waals surface area contributed by atoms with Crippen molar-refractivity contribution < 1.29 is 17.6 Å². The minimum atomic E-state index is -4.14. The standard InChI is InChI=1S/C14H17ClFNO3S/c1-13(2)11(14(13,3)4)12(18)17-8-5-6-10(9(16)7-8)21(15,19)20/h5-7,11H,1-4H3,(H,17,18). The number of halogens is 2. The lowest BCUT2D eigenvalue weighted by molar-refractivity contribution is -0.118. The van der Waals surface area contributed by atoms with E-state index in [-0.39, 0.29) is 28.3 Å². The molecule has 1 amide bonds. The Morgan fingerprint density at radius 1 is 1.24 bits per heavy atom. The average molecular weight is 334 g/mol. The normalized spacial score (nSPS) is 20.1. The second-order valence-corrected chi connectivity index (χ2v) is 8.98. The van der Waals surface area contributed by atoms with Crippen LogP contribution in [0.25, 0.3) is 0 Å². The summed E-state index contributed by atoms with van der Waals surface area (Å²) in [6, 6.07) is 3.31. The van der Waals surface area contributed by atoms with Crippen LogP contribution in [-0.4, -0.2) is 14.3 Å². The van der Waals surface area contributed by atoms with Gasteiger partial charge in [0.2, 0.25) is 5.91 Å². The topological polar surface area (TPSA) is 63.2 Å². The first-order chi connectivity index (χ1) is 9.39. The predicted molar refractivity (Wildman–Crippen MR) is 79.1 cm³/mol. The molecule has 4 nitrogen and oxygen atoms in total. The first-order valence-electron chi connectivity index (χ1n) is 6.44. The molecule has 21 heavy (non-hydrogen) atoms. The van der Waals surface area contributed by atoms with E-state index in [0.29, 0.717) is 0 Å². The molecule has 0 atom stereocenters. The Balaban J connectivity index is 2.19. The molecule has 0 aromatic heterocycles. The van der Waals surface area contributed by atoms with E-state index >= 15 is 0 Å². The monoisotopic (exact) mass is 333 g/mol. The number of carbonyl (C=O) groups is 1. The lowest BCUT2D eigenvalue weighted by atomic mass is 10.0. The van der Waals surface area contributed by atoms with Crippen molar-refractivity contribution in [3.8, 4) is 0 Å². The highest BCUT2D eigenvalue weighted by molar-refractivity contribution is 8.13. The van der Waals surface area contributed by atoms with Crippen molar-refractivity contribution in [3.05, 3.63) is 24.0 Å². The lowest BCUT2D eigenvalue weighted by Gasteiger charge is -2.08. The van der Waals surface area contributed by atoms with E-state index in [1.54, 1.807) is 0 Å². The van der Waals surface area contributed by atoms with Crippen LogP contribution in [-0.2, 0) is 13.8 Å². The quantitative estimate of drug-likeness (QED) is 0.862. The molecule has 0 heterocycles. The van der Waals surface area contributed by atoms with Crippen molar-refractivity contribution >= 4 is 31.3 Å². The molecule has 1 N–H and O–H groups in total. The zero-order valence-electron chi connectivity index (χ0n) is 12.2. The van der Waals surface area contributed by atoms with Crippen molar-refractivity contribution in [1.82, 2.24) is 0 Å². The highest BCUT2D eigenvalue weighted by atomic mass is 35.7. The van der Waals surface area contributed by atoms with Gasteiger partial charge in [0, 0.05) is 22.3 Å². The molecule has 0 bridgehead atoms. The van der Waals surface area contributed by atoms with Gasteiger partial charge < -0.3 is 5.32 Å². The minimum absolute atomic E-state index is 0.130. The average Bonchev–Trinajstić information content (AvgIpc) is 2.66. The van der Waals surface area contributed by atoms with E-state index < -0.39 is 19.8 Å². The molecule has 1 saturated carbocycles. The Labute approximate surface area is 128 Å². The summed E-state index contributed by atoms with van der Waals surface area (Å²) in [6.07, 6.45) is 0. The molecular weight excluding hydrogens is 317 g/mol. The second kappa shape index (κ2) is 4.68. The van der Waals surface area contributed by atoms with Crippen molar-refractivity contribution in [1.29, 1.82) is 0 Å². The lowest BCUT2D eigenvalue weighted by Crippen LogP contribution is -2.17. The molecule has 1 aromatic rings. The molecular formula is C14H17ClFNO3S. The Hall–Kier alpha value is -1.14. The molecule has 1 fully saturated rings. The summed E-state index contributed by atoms with van der Waals surface area (Å²) < 4.78 is 35.9. The highest BCUT2D eigenvalue weighted by Gasteiger charge is 2.68. The van der Waals surface area contributed by atoms with Crippen LogP contribution < -0.4 is 5.32 Å². The van der Waals surface area contributed by atoms with Gasteiger partial charge in [-0.15, -0.1) is 0 Å². The number of hydrogen-bond donors (Lipinski definition) is 1. The van der Waals surface area contributed by atoms with Gasteiger partial charge >= 0.3 is 0 Å². The molecule has 0 saturated heterocycles. The third-order valence-electron chi connectivity index (χ3n) is 4.75.